The Bertz CT molecular complexity index is 810. The number of hydrogen-bond acceptors (Lipinski definition) is 6. The van der Waals surface area contributed by atoms with E-state index in [1.807, 2.05) is 34.6 Å². The lowest BCUT2D eigenvalue weighted by Crippen LogP contribution is -2.34. The normalized spacial score (nSPS) is 13.8. The van der Waals surface area contributed by atoms with E-state index in [4.69, 9.17) is 4.52 Å². The second kappa shape index (κ2) is 8.28. The first-order valence-electron chi connectivity index (χ1n) is 8.98. The second-order valence-corrected chi connectivity index (χ2v) is 7.93. The van der Waals surface area contributed by atoms with Crippen molar-refractivity contribution >= 4 is 11.6 Å². The summed E-state index contributed by atoms with van der Waals surface area (Å²) >= 11 is 0. The molecule has 0 aliphatic carbocycles. The highest BCUT2D eigenvalue weighted by Crippen LogP contribution is 2.28. The number of nitrogens with one attached hydrogen (secondary N) is 1. The molecule has 0 aliphatic rings. The largest absolute Gasteiger partial charge is 0.344 e. The van der Waals surface area contributed by atoms with E-state index in [0.717, 1.165) is 6.42 Å². The Balaban J connectivity index is 2.27. The van der Waals surface area contributed by atoms with Crippen molar-refractivity contribution in [3.63, 3.8) is 0 Å². The van der Waals surface area contributed by atoms with E-state index in [1.54, 1.807) is 12.1 Å². The van der Waals surface area contributed by atoms with Crippen LogP contribution in [0.2, 0.25) is 0 Å². The summed E-state index contributed by atoms with van der Waals surface area (Å²) in [5.41, 5.74) is 0.312. The molecular formula is C19H26N4O4. The first-order chi connectivity index (χ1) is 12.6. The van der Waals surface area contributed by atoms with Crippen LogP contribution in [0, 0.1) is 21.4 Å². The van der Waals surface area contributed by atoms with Gasteiger partial charge >= 0.3 is 0 Å². The molecule has 0 bridgehead atoms. The Hall–Kier alpha value is -2.77. The maximum Gasteiger partial charge on any atom is 0.270 e. The minimum atomic E-state index is -0.473. The number of carbonyl (C=O) groups is 1. The lowest BCUT2D eigenvalue weighted by atomic mass is 9.91. The fraction of sp³-hybridized carbons (Fsp3) is 0.526. The first-order valence-corrected chi connectivity index (χ1v) is 8.98. The monoisotopic (exact) mass is 374 g/mol. The van der Waals surface area contributed by atoms with Crippen molar-refractivity contribution in [2.75, 3.05) is 0 Å². The summed E-state index contributed by atoms with van der Waals surface area (Å²) in [6.07, 6.45) is 1.20. The van der Waals surface area contributed by atoms with E-state index in [9.17, 15) is 14.9 Å². The van der Waals surface area contributed by atoms with Gasteiger partial charge < -0.3 is 9.84 Å². The average molecular weight is 374 g/mol. The molecule has 2 rings (SSSR count). The molecule has 1 aromatic heterocycles. The van der Waals surface area contributed by atoms with Gasteiger partial charge in [-0.3, -0.25) is 14.9 Å². The third-order valence-corrected chi connectivity index (χ3v) is 4.24. The molecule has 2 aromatic rings. The molecule has 0 unspecified atom stereocenters. The van der Waals surface area contributed by atoms with E-state index in [-0.39, 0.29) is 28.8 Å². The Morgan fingerprint density at radius 3 is 2.67 bits per heavy atom. The zero-order chi connectivity index (χ0) is 20.2. The van der Waals surface area contributed by atoms with Gasteiger partial charge in [-0.15, -0.1) is 0 Å². The Morgan fingerprint density at radius 2 is 2.07 bits per heavy atom. The molecule has 0 saturated heterocycles. The minimum absolute atomic E-state index is 0.0455. The van der Waals surface area contributed by atoms with Crippen molar-refractivity contribution in [1.29, 1.82) is 0 Å². The fourth-order valence-electron chi connectivity index (χ4n) is 2.63. The number of nitro benzene ring substituents is 1. The Kier molecular flexibility index (Phi) is 6.30. The van der Waals surface area contributed by atoms with E-state index in [2.05, 4.69) is 15.5 Å². The molecule has 27 heavy (non-hydrogen) atoms. The van der Waals surface area contributed by atoms with Gasteiger partial charge in [0.2, 0.25) is 17.6 Å². The molecule has 0 saturated carbocycles. The summed E-state index contributed by atoms with van der Waals surface area (Å²) in [5.74, 6) is 0.565. The first kappa shape index (κ1) is 20.5. The van der Waals surface area contributed by atoms with E-state index < -0.39 is 11.0 Å². The van der Waals surface area contributed by atoms with Gasteiger partial charge in [0, 0.05) is 24.1 Å². The van der Waals surface area contributed by atoms with Crippen LogP contribution in [-0.4, -0.2) is 21.0 Å². The molecule has 0 spiro atoms. The molecule has 1 aromatic carbocycles. The molecular weight excluding hydrogens is 348 g/mol. The summed E-state index contributed by atoms with van der Waals surface area (Å²) in [4.78, 5) is 27.3. The molecule has 0 radical (unpaired) electrons. The summed E-state index contributed by atoms with van der Waals surface area (Å²) in [6.45, 7) is 10.0. The predicted octanol–water partition coefficient (Wildman–Crippen LogP) is 4.28. The molecule has 0 aliphatic heterocycles. The van der Waals surface area contributed by atoms with Crippen molar-refractivity contribution < 1.29 is 14.2 Å². The van der Waals surface area contributed by atoms with Crippen LogP contribution in [0.5, 0.6) is 0 Å². The Labute approximate surface area is 158 Å². The molecule has 1 heterocycles. The molecule has 1 N–H and O–H groups in total. The van der Waals surface area contributed by atoms with Gasteiger partial charge in [-0.05, 0) is 11.3 Å². The number of non-ortho nitro benzene ring substituents is 1. The summed E-state index contributed by atoms with van der Waals surface area (Å²) in [6, 6.07) is 5.63. The van der Waals surface area contributed by atoms with Crippen LogP contribution in [0.4, 0.5) is 5.69 Å². The zero-order valence-corrected chi connectivity index (χ0v) is 16.4. The van der Waals surface area contributed by atoms with Crippen molar-refractivity contribution in [1.82, 2.24) is 15.5 Å². The third-order valence-electron chi connectivity index (χ3n) is 4.24. The maximum atomic E-state index is 12.4. The number of carbonyl (C=O) groups excluding carboxylic acids is 1. The lowest BCUT2D eigenvalue weighted by Gasteiger charge is -2.23. The van der Waals surface area contributed by atoms with Gasteiger partial charge in [0.25, 0.3) is 5.69 Å². The van der Waals surface area contributed by atoms with Crippen LogP contribution in [0.15, 0.2) is 28.8 Å². The number of nitro groups is 1. The van der Waals surface area contributed by atoms with E-state index >= 15 is 0 Å². The number of aromatic nitrogens is 2. The zero-order valence-electron chi connectivity index (χ0n) is 16.4. The van der Waals surface area contributed by atoms with Crippen LogP contribution >= 0.6 is 0 Å². The summed E-state index contributed by atoms with van der Waals surface area (Å²) in [5, 5.41) is 17.9. The quantitative estimate of drug-likeness (QED) is 0.572. The van der Waals surface area contributed by atoms with Gasteiger partial charge in [-0.1, -0.05) is 58.3 Å². The standard InChI is InChI=1S/C19H26N4O4/c1-6-12(2)16(20-15(24)11-19(3,4)5)18-21-17(22-27-18)13-8-7-9-14(10-13)23(25)26/h7-10,12,16H,6,11H2,1-5H3,(H,20,24)/t12-,16+/m0/s1. The predicted molar refractivity (Wildman–Crippen MR) is 101 cm³/mol. The SMILES string of the molecule is CC[C@H](C)[C@@H](NC(=O)CC(C)(C)C)c1nc(-c2cccc([N+](=O)[O-])c2)no1. The van der Waals surface area contributed by atoms with Crippen LogP contribution in [0.3, 0.4) is 0 Å². The van der Waals surface area contributed by atoms with Gasteiger partial charge in [0.15, 0.2) is 0 Å². The number of rotatable bonds is 7. The minimum Gasteiger partial charge on any atom is -0.344 e. The van der Waals surface area contributed by atoms with Crippen molar-refractivity contribution in [2.45, 2.75) is 53.5 Å². The molecule has 8 heteroatoms. The number of amides is 1. The van der Waals surface area contributed by atoms with Crippen LogP contribution in [0.1, 0.15) is 59.4 Å². The fourth-order valence-corrected chi connectivity index (χ4v) is 2.63. The number of hydrogen-bond donors (Lipinski definition) is 1. The van der Waals surface area contributed by atoms with Gasteiger partial charge in [0.1, 0.15) is 6.04 Å². The Morgan fingerprint density at radius 1 is 1.37 bits per heavy atom. The van der Waals surface area contributed by atoms with Crippen molar-refractivity contribution in [3.8, 4) is 11.4 Å². The smallest absolute Gasteiger partial charge is 0.270 e. The highest BCUT2D eigenvalue weighted by atomic mass is 16.6. The summed E-state index contributed by atoms with van der Waals surface area (Å²) < 4.78 is 5.39. The lowest BCUT2D eigenvalue weighted by molar-refractivity contribution is -0.384. The van der Waals surface area contributed by atoms with Crippen LogP contribution in [0.25, 0.3) is 11.4 Å². The van der Waals surface area contributed by atoms with Crippen LogP contribution in [-0.2, 0) is 4.79 Å². The van der Waals surface area contributed by atoms with E-state index in [0.29, 0.717) is 17.9 Å². The molecule has 8 nitrogen and oxygen atoms in total. The van der Waals surface area contributed by atoms with Gasteiger partial charge in [-0.2, -0.15) is 4.98 Å². The third kappa shape index (κ3) is 5.60. The topological polar surface area (TPSA) is 111 Å². The average Bonchev–Trinajstić information content (AvgIpc) is 3.07. The number of nitrogens with zero attached hydrogens (tertiary/aromatic N) is 3. The van der Waals surface area contributed by atoms with Gasteiger partial charge in [0.05, 0.1) is 4.92 Å². The molecule has 0 fully saturated rings. The maximum absolute atomic E-state index is 12.4. The van der Waals surface area contributed by atoms with E-state index in [1.165, 1.54) is 12.1 Å². The molecule has 1 amide bonds. The van der Waals surface area contributed by atoms with Crippen molar-refractivity contribution in [2.24, 2.45) is 11.3 Å². The second-order valence-electron chi connectivity index (χ2n) is 7.93. The van der Waals surface area contributed by atoms with Crippen molar-refractivity contribution in [3.05, 3.63) is 40.3 Å². The number of benzene rings is 1. The highest BCUT2D eigenvalue weighted by molar-refractivity contribution is 5.77. The van der Waals surface area contributed by atoms with Crippen LogP contribution < -0.4 is 5.32 Å². The highest BCUT2D eigenvalue weighted by Gasteiger charge is 2.28. The molecule has 146 valence electrons. The van der Waals surface area contributed by atoms with Gasteiger partial charge in [-0.25, -0.2) is 0 Å². The summed E-state index contributed by atoms with van der Waals surface area (Å²) in [7, 11) is 0. The molecule has 2 atom stereocenters.